The van der Waals surface area contributed by atoms with Gasteiger partial charge in [-0.25, -0.2) is 9.97 Å². The molecule has 266 valence electrons. The summed E-state index contributed by atoms with van der Waals surface area (Å²) < 4.78 is 9.55. The molecule has 1 unspecified atom stereocenters. The van der Waals surface area contributed by atoms with Gasteiger partial charge in [0.05, 0.1) is 26.0 Å². The van der Waals surface area contributed by atoms with Crippen LogP contribution in [0, 0.1) is 0 Å². The Hall–Kier alpha value is -5.89. The lowest BCUT2D eigenvalue weighted by atomic mass is 10.0. The number of anilines is 2. The van der Waals surface area contributed by atoms with Crippen LogP contribution in [0.25, 0.3) is 21.8 Å². The summed E-state index contributed by atoms with van der Waals surface area (Å²) in [6, 6.07) is 21.9. The van der Waals surface area contributed by atoms with E-state index in [1.807, 2.05) is 12.3 Å². The fourth-order valence-electron chi connectivity index (χ4n) is 7.13. The summed E-state index contributed by atoms with van der Waals surface area (Å²) in [5, 5.41) is 17.3. The second-order valence-corrected chi connectivity index (χ2v) is 13.2. The van der Waals surface area contributed by atoms with Crippen LogP contribution in [0.5, 0.6) is 0 Å². The molecule has 0 spiro atoms. The van der Waals surface area contributed by atoms with Crippen molar-refractivity contribution in [3.8, 4) is 0 Å². The van der Waals surface area contributed by atoms with Gasteiger partial charge in [0.25, 0.3) is 11.8 Å². The molecule has 8 rings (SSSR count). The number of nitrogens with zero attached hydrogens (tertiary/aromatic N) is 9. The van der Waals surface area contributed by atoms with Crippen molar-refractivity contribution in [3.05, 3.63) is 102 Å². The molecule has 14 heteroatoms. The van der Waals surface area contributed by atoms with Crippen LogP contribution in [0.15, 0.2) is 85.5 Å². The number of aromatic nitrogens is 7. The van der Waals surface area contributed by atoms with Gasteiger partial charge >= 0.3 is 0 Å². The van der Waals surface area contributed by atoms with E-state index in [1.165, 1.54) is 17.0 Å². The van der Waals surface area contributed by atoms with E-state index in [1.54, 1.807) is 23.1 Å². The van der Waals surface area contributed by atoms with Crippen molar-refractivity contribution < 1.29 is 14.3 Å². The van der Waals surface area contributed by atoms with E-state index in [2.05, 4.69) is 98.8 Å². The third-order valence-corrected chi connectivity index (χ3v) is 9.74. The molecule has 14 nitrogen and oxygen atoms in total. The lowest BCUT2D eigenvalue weighted by molar-refractivity contribution is 0.0933. The Balaban J connectivity index is 0.820. The fourth-order valence-corrected chi connectivity index (χ4v) is 7.13. The molecule has 4 aromatic heterocycles. The van der Waals surface area contributed by atoms with Crippen LogP contribution >= 0.6 is 0 Å². The molecule has 6 heterocycles. The van der Waals surface area contributed by atoms with Crippen molar-refractivity contribution in [3.63, 3.8) is 0 Å². The minimum Gasteiger partial charge on any atom is -0.378 e. The molecule has 6 aromatic rings. The first kappa shape index (κ1) is 33.3. The van der Waals surface area contributed by atoms with Crippen LogP contribution in [0.3, 0.4) is 0 Å². The number of rotatable bonds is 11. The zero-order chi connectivity index (χ0) is 35.3. The van der Waals surface area contributed by atoms with Gasteiger partial charge in [0.2, 0.25) is 0 Å². The van der Waals surface area contributed by atoms with Crippen molar-refractivity contribution in [1.82, 2.24) is 45.1 Å². The first-order chi connectivity index (χ1) is 25.6. The number of morpholine rings is 1. The maximum absolute atomic E-state index is 13.3. The van der Waals surface area contributed by atoms with E-state index in [-0.39, 0.29) is 23.6 Å². The van der Waals surface area contributed by atoms with Gasteiger partial charge in [-0.2, -0.15) is 0 Å². The Kier molecular flexibility index (Phi) is 9.69. The third-order valence-electron chi connectivity index (χ3n) is 9.74. The minimum atomic E-state index is -0.330. The van der Waals surface area contributed by atoms with Gasteiger partial charge in [0.1, 0.15) is 29.4 Å². The molecule has 2 saturated heterocycles. The standard InChI is InChI=1S/C38H41N11O3/c50-37(43-28-7-5-15-47(23-28)36-22-35(41-26-42-36)46-17-19-52-20-18-46)27-12-14-39-32(21-27)38(51)40-13-6-16-48-24-29(44-45-48)25-49-33-10-3-1-8-30(33)31-9-2-4-11-34(31)49/h1-4,8-12,14,21-22,24,26,28H,5-7,13,15-20,23,25H2,(H,40,51)(H,43,50). The van der Waals surface area contributed by atoms with Crippen molar-refractivity contribution in [2.24, 2.45) is 0 Å². The van der Waals surface area contributed by atoms with E-state index in [0.29, 0.717) is 51.4 Å². The van der Waals surface area contributed by atoms with E-state index >= 15 is 0 Å². The number of benzene rings is 2. The van der Waals surface area contributed by atoms with Crippen molar-refractivity contribution in [1.29, 1.82) is 0 Å². The van der Waals surface area contributed by atoms with E-state index in [0.717, 1.165) is 60.8 Å². The van der Waals surface area contributed by atoms with Crippen molar-refractivity contribution >= 4 is 45.3 Å². The number of hydrogen-bond donors (Lipinski definition) is 2. The number of carbonyl (C=O) groups excluding carboxylic acids is 2. The Labute approximate surface area is 300 Å². The third kappa shape index (κ3) is 7.28. The Morgan fingerprint density at radius 1 is 0.846 bits per heavy atom. The summed E-state index contributed by atoms with van der Waals surface area (Å²) in [5.41, 5.74) is 3.78. The molecule has 2 aromatic carbocycles. The summed E-state index contributed by atoms with van der Waals surface area (Å²) in [5.74, 6) is 1.18. The minimum absolute atomic E-state index is 0.0623. The number of fused-ring (bicyclic) bond motifs is 3. The number of nitrogens with one attached hydrogen (secondary N) is 2. The zero-order valence-electron chi connectivity index (χ0n) is 28.9. The summed E-state index contributed by atoms with van der Waals surface area (Å²) in [4.78, 5) is 43.9. The average molecular weight is 700 g/mol. The van der Waals surface area contributed by atoms with E-state index < -0.39 is 0 Å². The quantitative estimate of drug-likeness (QED) is 0.192. The molecule has 2 amide bonds. The van der Waals surface area contributed by atoms with Crippen LogP contribution in [0.4, 0.5) is 11.6 Å². The second kappa shape index (κ2) is 15.2. The number of pyridine rings is 1. The van der Waals surface area contributed by atoms with Gasteiger partial charge in [-0.15, -0.1) is 5.10 Å². The van der Waals surface area contributed by atoms with Gasteiger partial charge in [-0.05, 0) is 43.5 Å². The summed E-state index contributed by atoms with van der Waals surface area (Å²) >= 11 is 0. The van der Waals surface area contributed by atoms with Crippen molar-refractivity contribution in [2.75, 3.05) is 55.7 Å². The highest BCUT2D eigenvalue weighted by atomic mass is 16.5. The lowest BCUT2D eigenvalue weighted by Gasteiger charge is -2.34. The number of ether oxygens (including phenoxy) is 1. The highest BCUT2D eigenvalue weighted by Gasteiger charge is 2.24. The van der Waals surface area contributed by atoms with Crippen LogP contribution in [0.2, 0.25) is 0 Å². The van der Waals surface area contributed by atoms with Gasteiger partial charge in [0, 0.05) is 84.9 Å². The predicted molar refractivity (Wildman–Crippen MR) is 198 cm³/mol. The highest BCUT2D eigenvalue weighted by Crippen LogP contribution is 2.29. The second-order valence-electron chi connectivity index (χ2n) is 13.2. The van der Waals surface area contributed by atoms with E-state index in [4.69, 9.17) is 4.74 Å². The summed E-state index contributed by atoms with van der Waals surface area (Å²) in [7, 11) is 0. The number of amides is 2. The smallest absolute Gasteiger partial charge is 0.269 e. The Morgan fingerprint density at radius 2 is 1.60 bits per heavy atom. The fraction of sp³-hybridized carbons (Fsp3) is 0.342. The predicted octanol–water partition coefficient (Wildman–Crippen LogP) is 3.67. The number of hydrogen-bond acceptors (Lipinski definition) is 10. The molecule has 1 atom stereocenters. The van der Waals surface area contributed by atoms with Gasteiger partial charge in [-0.1, -0.05) is 41.6 Å². The molecule has 2 fully saturated rings. The number of piperidine rings is 1. The van der Waals surface area contributed by atoms with Gasteiger partial charge < -0.3 is 29.7 Å². The molecule has 0 saturated carbocycles. The Morgan fingerprint density at radius 3 is 2.38 bits per heavy atom. The molecular formula is C38H41N11O3. The molecule has 52 heavy (non-hydrogen) atoms. The SMILES string of the molecule is O=C(NC1CCCN(c2cc(N3CCOCC3)ncn2)C1)c1ccnc(C(=O)NCCCn2cc(Cn3c4ccccc4c4ccccc43)nn2)c1. The monoisotopic (exact) mass is 699 g/mol. The maximum Gasteiger partial charge on any atom is 0.269 e. The van der Waals surface area contributed by atoms with Crippen LogP contribution in [0.1, 0.15) is 45.8 Å². The lowest BCUT2D eigenvalue weighted by Crippen LogP contribution is -2.48. The molecule has 2 aliphatic heterocycles. The maximum atomic E-state index is 13.3. The summed E-state index contributed by atoms with van der Waals surface area (Å²) in [6.07, 6.45) is 7.49. The first-order valence-electron chi connectivity index (χ1n) is 17.9. The van der Waals surface area contributed by atoms with Crippen LogP contribution in [-0.4, -0.2) is 98.3 Å². The normalized spacial score (nSPS) is 16.3. The Bertz CT molecular complexity index is 2140. The molecule has 2 aliphatic rings. The van der Waals surface area contributed by atoms with Crippen LogP contribution < -0.4 is 20.4 Å². The summed E-state index contributed by atoms with van der Waals surface area (Å²) in [6.45, 7) is 6.10. The number of carbonyl (C=O) groups is 2. The molecular weight excluding hydrogens is 658 g/mol. The van der Waals surface area contributed by atoms with Crippen molar-refractivity contribution in [2.45, 2.75) is 38.4 Å². The van der Waals surface area contributed by atoms with Gasteiger partial charge in [0.15, 0.2) is 0 Å². The first-order valence-corrected chi connectivity index (χ1v) is 17.9. The number of para-hydroxylation sites is 2. The molecule has 0 radical (unpaired) electrons. The topological polar surface area (TPSA) is 148 Å². The highest BCUT2D eigenvalue weighted by molar-refractivity contribution is 6.08. The van der Waals surface area contributed by atoms with E-state index in [9.17, 15) is 9.59 Å². The van der Waals surface area contributed by atoms with Gasteiger partial charge in [-0.3, -0.25) is 19.3 Å². The molecule has 0 aliphatic carbocycles. The average Bonchev–Trinajstić information content (AvgIpc) is 3.79. The number of aryl methyl sites for hydroxylation is 1. The molecule has 0 bridgehead atoms. The largest absolute Gasteiger partial charge is 0.378 e. The molecule has 2 N–H and O–H groups in total. The zero-order valence-corrected chi connectivity index (χ0v) is 28.9. The van der Waals surface area contributed by atoms with Crippen LogP contribution in [-0.2, 0) is 17.8 Å².